The van der Waals surface area contributed by atoms with Gasteiger partial charge >= 0.3 is 0 Å². The first kappa shape index (κ1) is 20.4. The highest BCUT2D eigenvalue weighted by atomic mass is 35.5. The summed E-state index contributed by atoms with van der Waals surface area (Å²) in [6, 6.07) is 8.28. The van der Waals surface area contributed by atoms with Gasteiger partial charge in [0.05, 0.1) is 29.8 Å². The lowest BCUT2D eigenvalue weighted by Gasteiger charge is -2.25. The van der Waals surface area contributed by atoms with Gasteiger partial charge in [-0.2, -0.15) is 4.39 Å². The molecule has 3 aromatic rings. The van der Waals surface area contributed by atoms with Gasteiger partial charge in [0.25, 0.3) is 0 Å². The second-order valence-electron chi connectivity index (χ2n) is 7.63. The van der Waals surface area contributed by atoms with Crippen molar-refractivity contribution in [2.24, 2.45) is 9.98 Å². The molecule has 1 N–H and O–H groups in total. The minimum Gasteiger partial charge on any atom is -0.364 e. The molecular weight excluding hydrogens is 451 g/mol. The SMILES string of the molecule is Cc1sc(Cc2ccc3c(C4NC=NC=C4Cl)c(F)sc3c2)cc1C1C=CN=CN1C. The van der Waals surface area contributed by atoms with E-state index in [4.69, 9.17) is 11.6 Å². The Bertz CT molecular complexity index is 1270. The molecule has 0 radical (unpaired) electrons. The van der Waals surface area contributed by atoms with E-state index in [0.717, 1.165) is 16.5 Å². The number of aryl methyl sites for hydroxylation is 1. The molecule has 5 rings (SSSR count). The van der Waals surface area contributed by atoms with Crippen LogP contribution in [0.2, 0.25) is 0 Å². The molecule has 2 unspecified atom stereocenters. The molecule has 0 spiro atoms. The van der Waals surface area contributed by atoms with Crippen molar-refractivity contribution in [3.8, 4) is 0 Å². The molecule has 158 valence electrons. The summed E-state index contributed by atoms with van der Waals surface area (Å²) < 4.78 is 15.8. The quantitative estimate of drug-likeness (QED) is 0.487. The summed E-state index contributed by atoms with van der Waals surface area (Å²) in [5.74, 6) is 0. The van der Waals surface area contributed by atoms with Gasteiger partial charge < -0.3 is 10.2 Å². The average Bonchev–Trinajstić information content (AvgIpc) is 3.27. The summed E-state index contributed by atoms with van der Waals surface area (Å²) in [7, 11) is 2.04. The molecule has 0 saturated heterocycles. The number of hydrogen-bond donors (Lipinski definition) is 1. The van der Waals surface area contributed by atoms with Crippen LogP contribution in [0.5, 0.6) is 0 Å². The standard InChI is InChI=1S/C23H20ClFN4S2/c1-13-17(19-5-6-26-12-29(19)2)9-15(30-13)7-14-3-4-16-20(8-14)31-23(25)21(16)22-18(24)10-27-11-28-22/h3-6,8-12,19,22H,7H2,1-2H3,(H,27,28). The fourth-order valence-electron chi connectivity index (χ4n) is 4.06. The monoisotopic (exact) mass is 470 g/mol. The highest BCUT2D eigenvalue weighted by Crippen LogP contribution is 2.39. The van der Waals surface area contributed by atoms with Crippen LogP contribution in [0, 0.1) is 12.1 Å². The molecule has 2 aromatic heterocycles. The van der Waals surface area contributed by atoms with Crippen molar-refractivity contribution >= 4 is 57.0 Å². The number of hydrogen-bond acceptors (Lipinski definition) is 6. The van der Waals surface area contributed by atoms with Gasteiger partial charge in [0.2, 0.25) is 0 Å². The number of likely N-dealkylation sites (N-methyl/N-ethyl adjacent to an activating group) is 1. The molecule has 0 aliphatic carbocycles. The smallest absolute Gasteiger partial charge is 0.183 e. The molecule has 31 heavy (non-hydrogen) atoms. The van der Waals surface area contributed by atoms with Crippen molar-refractivity contribution < 1.29 is 4.39 Å². The molecule has 4 nitrogen and oxygen atoms in total. The molecule has 0 fully saturated rings. The van der Waals surface area contributed by atoms with E-state index in [-0.39, 0.29) is 11.2 Å². The Balaban J connectivity index is 1.43. The van der Waals surface area contributed by atoms with Crippen LogP contribution in [0.25, 0.3) is 10.1 Å². The predicted octanol–water partition coefficient (Wildman–Crippen LogP) is 6.28. The first-order chi connectivity index (χ1) is 15.0. The third-order valence-electron chi connectivity index (χ3n) is 5.57. The van der Waals surface area contributed by atoms with Gasteiger partial charge in [-0.25, -0.2) is 9.98 Å². The molecule has 0 amide bonds. The van der Waals surface area contributed by atoms with Crippen LogP contribution >= 0.6 is 34.3 Å². The number of halogens is 2. The zero-order valence-corrected chi connectivity index (χ0v) is 19.4. The Hall–Kier alpha value is -2.48. The van der Waals surface area contributed by atoms with E-state index in [1.807, 2.05) is 37.0 Å². The summed E-state index contributed by atoms with van der Waals surface area (Å²) in [4.78, 5) is 12.9. The topological polar surface area (TPSA) is 40.0 Å². The normalized spacial score (nSPS) is 20.4. The summed E-state index contributed by atoms with van der Waals surface area (Å²) in [6.45, 7) is 2.17. The van der Waals surface area contributed by atoms with E-state index in [0.29, 0.717) is 10.6 Å². The molecule has 1 aromatic carbocycles. The summed E-state index contributed by atoms with van der Waals surface area (Å²) >= 11 is 9.27. The van der Waals surface area contributed by atoms with Gasteiger partial charge in [0.1, 0.15) is 0 Å². The molecule has 0 bridgehead atoms. The molecule has 0 saturated carbocycles. The maximum Gasteiger partial charge on any atom is 0.183 e. The Labute approximate surface area is 193 Å². The lowest BCUT2D eigenvalue weighted by Crippen LogP contribution is -2.23. The van der Waals surface area contributed by atoms with Crippen molar-refractivity contribution in [3.05, 3.63) is 79.3 Å². The Morgan fingerprint density at radius 2 is 2.10 bits per heavy atom. The van der Waals surface area contributed by atoms with Crippen LogP contribution in [0.3, 0.4) is 0 Å². The van der Waals surface area contributed by atoms with Gasteiger partial charge in [0, 0.05) is 51.3 Å². The zero-order chi connectivity index (χ0) is 21.5. The van der Waals surface area contributed by atoms with E-state index in [1.54, 1.807) is 12.5 Å². The second-order valence-corrected chi connectivity index (χ2v) is 10.4. The Morgan fingerprint density at radius 3 is 2.90 bits per heavy atom. The molecule has 2 atom stereocenters. The van der Waals surface area contributed by atoms with E-state index < -0.39 is 6.04 Å². The van der Waals surface area contributed by atoms with Crippen molar-refractivity contribution in [2.75, 3.05) is 7.05 Å². The van der Waals surface area contributed by atoms with Crippen LogP contribution < -0.4 is 5.32 Å². The average molecular weight is 471 g/mol. The number of aliphatic imine (C=N–C) groups is 2. The number of benzene rings is 1. The minimum absolute atomic E-state index is 0.211. The first-order valence-electron chi connectivity index (χ1n) is 9.86. The largest absolute Gasteiger partial charge is 0.364 e. The number of rotatable bonds is 4. The van der Waals surface area contributed by atoms with Crippen molar-refractivity contribution in [1.82, 2.24) is 10.2 Å². The van der Waals surface area contributed by atoms with Gasteiger partial charge in [-0.15, -0.1) is 22.7 Å². The summed E-state index contributed by atoms with van der Waals surface area (Å²) in [5, 5.41) is 4.22. The maximum atomic E-state index is 14.8. The third kappa shape index (κ3) is 3.82. The fourth-order valence-corrected chi connectivity index (χ4v) is 6.43. The van der Waals surface area contributed by atoms with Gasteiger partial charge in [-0.1, -0.05) is 23.7 Å². The highest BCUT2D eigenvalue weighted by Gasteiger charge is 2.25. The molecule has 2 aliphatic heterocycles. The molecule has 2 aliphatic rings. The lowest BCUT2D eigenvalue weighted by molar-refractivity contribution is 0.445. The predicted molar refractivity (Wildman–Crippen MR) is 130 cm³/mol. The van der Waals surface area contributed by atoms with E-state index in [2.05, 4.69) is 51.4 Å². The maximum absolute atomic E-state index is 14.8. The Morgan fingerprint density at radius 1 is 1.23 bits per heavy atom. The number of fused-ring (bicyclic) bond motifs is 1. The third-order valence-corrected chi connectivity index (χ3v) is 7.91. The minimum atomic E-state index is -0.398. The van der Waals surface area contributed by atoms with E-state index in [9.17, 15) is 4.39 Å². The molecular formula is C23H20ClFN4S2. The van der Waals surface area contributed by atoms with Crippen molar-refractivity contribution in [3.63, 3.8) is 0 Å². The van der Waals surface area contributed by atoms with Gasteiger partial charge in [-0.3, -0.25) is 0 Å². The van der Waals surface area contributed by atoms with Crippen LogP contribution in [-0.2, 0) is 6.42 Å². The number of nitrogens with one attached hydrogen (secondary N) is 1. The van der Waals surface area contributed by atoms with Crippen molar-refractivity contribution in [1.29, 1.82) is 0 Å². The fraction of sp³-hybridized carbons (Fsp3) is 0.217. The van der Waals surface area contributed by atoms with Crippen LogP contribution in [0.1, 0.15) is 38.5 Å². The number of thiophene rings is 2. The van der Waals surface area contributed by atoms with Crippen LogP contribution in [0.4, 0.5) is 4.39 Å². The van der Waals surface area contributed by atoms with E-state index in [1.165, 1.54) is 32.2 Å². The van der Waals surface area contributed by atoms with E-state index >= 15 is 0 Å². The van der Waals surface area contributed by atoms with Gasteiger partial charge in [0.15, 0.2) is 5.13 Å². The second kappa shape index (κ2) is 8.22. The lowest BCUT2D eigenvalue weighted by atomic mass is 10.0. The summed E-state index contributed by atoms with van der Waals surface area (Å²) in [6.07, 6.45) is 9.75. The van der Waals surface area contributed by atoms with Crippen molar-refractivity contribution in [2.45, 2.75) is 25.4 Å². The molecule has 4 heterocycles. The van der Waals surface area contributed by atoms with Gasteiger partial charge in [-0.05, 0) is 36.3 Å². The first-order valence-corrected chi connectivity index (χ1v) is 11.9. The summed E-state index contributed by atoms with van der Waals surface area (Å²) in [5.41, 5.74) is 3.06. The van der Waals surface area contributed by atoms with Crippen LogP contribution in [0.15, 0.2) is 57.8 Å². The number of nitrogens with zero attached hydrogens (tertiary/aromatic N) is 3. The zero-order valence-electron chi connectivity index (χ0n) is 17.0. The van der Waals surface area contributed by atoms with Crippen LogP contribution in [-0.4, -0.2) is 24.6 Å². The Kier molecular flexibility index (Phi) is 5.42. The highest BCUT2D eigenvalue weighted by molar-refractivity contribution is 7.17. The molecule has 8 heteroatoms.